The molecule has 1 aromatic heterocycles. The quantitative estimate of drug-likeness (QED) is 0.183. The van der Waals surface area contributed by atoms with Gasteiger partial charge in [-0.15, -0.1) is 5.53 Å². The predicted octanol–water partition coefficient (Wildman–Crippen LogP) is 6.45. The van der Waals surface area contributed by atoms with Crippen molar-refractivity contribution in [3.8, 4) is 12.1 Å². The number of rotatable bonds is 9. The summed E-state index contributed by atoms with van der Waals surface area (Å²) in [6, 6.07) is 21.5. The van der Waals surface area contributed by atoms with Gasteiger partial charge in [0.05, 0.1) is 53.4 Å². The highest BCUT2D eigenvalue weighted by Gasteiger charge is 2.32. The number of anilines is 2. The largest absolute Gasteiger partial charge is 0.376 e. The molecule has 6 rings (SSSR count). The first-order valence-electron chi connectivity index (χ1n) is 13.7. The number of hydrogen-bond acceptors (Lipinski definition) is 8. The molecule has 3 aromatic carbocycles. The first-order valence-corrected chi connectivity index (χ1v) is 13.5. The van der Waals surface area contributed by atoms with Crippen LogP contribution in [0.15, 0.2) is 84.8 Å². The average Bonchev–Trinajstić information content (AvgIpc) is 3.73. The molecule has 4 N–H and O–H groups in total. The predicted molar refractivity (Wildman–Crippen MR) is 156 cm³/mol. The summed E-state index contributed by atoms with van der Waals surface area (Å²) in [5.41, 5.74) is 9.82. The molecule has 1 fully saturated rings. The van der Waals surface area contributed by atoms with Crippen molar-refractivity contribution in [2.75, 3.05) is 10.6 Å². The summed E-state index contributed by atoms with van der Waals surface area (Å²) in [6.45, 7) is 0. The minimum absolute atomic E-state index is 0.162. The molecule has 1 unspecified atom stereocenters. The topological polar surface area (TPSA) is 112 Å². The van der Waals surface area contributed by atoms with E-state index in [1.807, 2.05) is 41.5 Å². The zero-order valence-corrected chi connectivity index (χ0v) is 22.6. The highest BCUT2D eigenvalue weighted by atomic mass is 35.5. The lowest BCUT2D eigenvalue weighted by Gasteiger charge is -2.23. The first kappa shape index (κ1) is 25.2. The molecule has 2 heterocycles. The first-order chi connectivity index (χ1) is 20.4. The summed E-state index contributed by atoms with van der Waals surface area (Å²) in [7, 11) is 0. The molecule has 0 radical (unpaired) electrons. The Bertz CT molecular complexity index is 1750. The van der Waals surface area contributed by atoms with Gasteiger partial charge in [-0.2, -0.15) is 10.5 Å². The number of fused-ring (bicyclic) bond motifs is 1. The lowest BCUT2D eigenvalue weighted by Crippen LogP contribution is -2.38. The van der Waals surface area contributed by atoms with Gasteiger partial charge in [-0.05, 0) is 48.2 Å². The number of pyridine rings is 1. The SMILES string of the molecule is [2H]C(Nc1cc(Cl)c2ncc(C#N)c(N[C@H](CC#N)c3ccccc3)c2c1)(C1=CN(C2CC2)NN1)c1ccc(F)cc1. The maximum Gasteiger partial charge on any atom is 0.123 e. The Balaban J connectivity index is 1.45. The molecule has 8 nitrogen and oxygen atoms in total. The monoisotopic (exact) mass is 565 g/mol. The number of nitrogens with one attached hydrogen (secondary N) is 4. The smallest absolute Gasteiger partial charge is 0.123 e. The third kappa shape index (κ3) is 5.59. The van der Waals surface area contributed by atoms with Gasteiger partial charge < -0.3 is 16.1 Å². The van der Waals surface area contributed by atoms with E-state index in [0.29, 0.717) is 44.6 Å². The molecule has 1 saturated carbocycles. The van der Waals surface area contributed by atoms with E-state index in [1.54, 1.807) is 24.3 Å². The summed E-state index contributed by atoms with van der Waals surface area (Å²) >= 11 is 6.75. The zero-order chi connectivity index (χ0) is 29.3. The van der Waals surface area contributed by atoms with Crippen molar-refractivity contribution >= 4 is 33.9 Å². The number of hydrogen-bond donors (Lipinski definition) is 4. The van der Waals surface area contributed by atoms with Crippen molar-refractivity contribution in [1.82, 2.24) is 21.0 Å². The summed E-state index contributed by atoms with van der Waals surface area (Å²) < 4.78 is 23.5. The molecule has 1 aliphatic carbocycles. The van der Waals surface area contributed by atoms with E-state index in [1.165, 1.54) is 18.3 Å². The Hall–Kier alpha value is -4.83. The summed E-state index contributed by atoms with van der Waals surface area (Å²) in [5, 5.41) is 29.0. The van der Waals surface area contributed by atoms with Crippen molar-refractivity contribution in [3.63, 3.8) is 0 Å². The molecule has 4 aromatic rings. The molecule has 2 aliphatic rings. The molecule has 0 saturated heterocycles. The summed E-state index contributed by atoms with van der Waals surface area (Å²) in [6.07, 6.45) is 5.56. The van der Waals surface area contributed by atoms with Gasteiger partial charge in [-0.25, -0.2) is 4.39 Å². The number of nitriles is 2. The number of hydrazine groups is 2. The van der Waals surface area contributed by atoms with Crippen molar-refractivity contribution in [1.29, 1.82) is 10.5 Å². The van der Waals surface area contributed by atoms with Crippen LogP contribution >= 0.6 is 11.6 Å². The Morgan fingerprint density at radius 3 is 2.59 bits per heavy atom. The van der Waals surface area contributed by atoms with Gasteiger partial charge in [0.2, 0.25) is 0 Å². The van der Waals surface area contributed by atoms with Gasteiger partial charge in [0.25, 0.3) is 0 Å². The third-order valence-corrected chi connectivity index (χ3v) is 7.35. The molecule has 0 amide bonds. The van der Waals surface area contributed by atoms with Crippen molar-refractivity contribution in [2.24, 2.45) is 0 Å². The van der Waals surface area contributed by atoms with Crippen LogP contribution in [0.3, 0.4) is 0 Å². The molecule has 0 spiro atoms. The van der Waals surface area contributed by atoms with E-state index in [2.05, 4.69) is 38.7 Å². The van der Waals surface area contributed by atoms with Gasteiger partial charge in [-0.1, -0.05) is 54.1 Å². The Morgan fingerprint density at radius 2 is 1.88 bits per heavy atom. The number of aromatic nitrogens is 1. The van der Waals surface area contributed by atoms with Gasteiger partial charge >= 0.3 is 0 Å². The molecular formula is C31H26ClFN8. The number of halogens is 2. The second kappa shape index (κ2) is 11.3. The van der Waals surface area contributed by atoms with E-state index < -0.39 is 17.9 Å². The zero-order valence-electron chi connectivity index (χ0n) is 22.8. The van der Waals surface area contributed by atoms with Crippen LogP contribution in [0.5, 0.6) is 0 Å². The second-order valence-corrected chi connectivity index (χ2v) is 10.3. The van der Waals surface area contributed by atoms with Crippen LogP contribution < -0.4 is 21.6 Å². The van der Waals surface area contributed by atoms with Gasteiger partial charge in [0.1, 0.15) is 11.9 Å². The Kier molecular flexibility index (Phi) is 6.96. The fraction of sp³-hybridized carbons (Fsp3) is 0.194. The van der Waals surface area contributed by atoms with Crippen LogP contribution in [-0.2, 0) is 0 Å². The van der Waals surface area contributed by atoms with Crippen LogP contribution in [-0.4, -0.2) is 16.0 Å². The minimum Gasteiger partial charge on any atom is -0.376 e. The molecule has 0 bridgehead atoms. The van der Waals surface area contributed by atoms with E-state index in [4.69, 9.17) is 11.6 Å². The van der Waals surface area contributed by atoms with E-state index >= 15 is 0 Å². The lowest BCUT2D eigenvalue weighted by molar-refractivity contribution is 0.260. The lowest BCUT2D eigenvalue weighted by atomic mass is 10.0. The highest BCUT2D eigenvalue weighted by molar-refractivity contribution is 6.35. The van der Waals surface area contributed by atoms with Crippen LogP contribution in [0.4, 0.5) is 15.8 Å². The maximum atomic E-state index is 13.9. The molecule has 41 heavy (non-hydrogen) atoms. The van der Waals surface area contributed by atoms with E-state index in [0.717, 1.165) is 18.4 Å². The number of benzene rings is 3. The molecular weight excluding hydrogens is 539 g/mol. The van der Waals surface area contributed by atoms with Gasteiger partial charge in [-0.3, -0.25) is 9.99 Å². The van der Waals surface area contributed by atoms with Crippen LogP contribution in [0.2, 0.25) is 5.02 Å². The molecule has 204 valence electrons. The van der Waals surface area contributed by atoms with Crippen molar-refractivity contribution in [2.45, 2.75) is 37.4 Å². The minimum atomic E-state index is -1.57. The molecule has 10 heteroatoms. The van der Waals surface area contributed by atoms with Crippen LogP contribution in [0.25, 0.3) is 10.9 Å². The molecule has 2 atom stereocenters. The average molecular weight is 566 g/mol. The number of nitrogens with zero attached hydrogens (tertiary/aromatic N) is 4. The Morgan fingerprint density at radius 1 is 1.10 bits per heavy atom. The fourth-order valence-corrected chi connectivity index (χ4v) is 5.10. The summed E-state index contributed by atoms with van der Waals surface area (Å²) in [4.78, 5) is 4.44. The van der Waals surface area contributed by atoms with Crippen molar-refractivity contribution < 1.29 is 5.76 Å². The maximum absolute atomic E-state index is 13.9. The highest BCUT2D eigenvalue weighted by Crippen LogP contribution is 2.38. The second-order valence-electron chi connectivity index (χ2n) is 9.91. The third-order valence-electron chi connectivity index (χ3n) is 7.06. The van der Waals surface area contributed by atoms with Crippen LogP contribution in [0.1, 0.15) is 49.4 Å². The standard InChI is InChI=1S/C31H26ClFN8/c32-26-15-23(37-30(20-6-8-22(33)9-7-20)28-18-41(40-39-28)24-10-11-24)14-25-29(21(16-35)17-36-31(25)26)38-27(12-13-34)19-4-2-1-3-5-19/h1-9,14-15,17-18,24,27,30,37,39-40H,10-12H2,(H,36,38)/t27-,30?/m1/s1/i30D. The van der Waals surface area contributed by atoms with Crippen LogP contribution in [0, 0.1) is 28.5 Å². The molecule has 1 aliphatic heterocycles. The van der Waals surface area contributed by atoms with Gasteiger partial charge in [0.15, 0.2) is 0 Å². The van der Waals surface area contributed by atoms with Gasteiger partial charge in [0, 0.05) is 29.5 Å². The van der Waals surface area contributed by atoms with E-state index in [9.17, 15) is 16.3 Å². The normalized spacial score (nSPS) is 16.9. The summed E-state index contributed by atoms with van der Waals surface area (Å²) in [5.74, 6) is -0.405. The van der Waals surface area contributed by atoms with E-state index in [-0.39, 0.29) is 12.0 Å². The fourth-order valence-electron chi connectivity index (χ4n) is 4.84. The Labute approximate surface area is 243 Å². The van der Waals surface area contributed by atoms with Crippen molar-refractivity contribution in [3.05, 3.63) is 112 Å².